The summed E-state index contributed by atoms with van der Waals surface area (Å²) in [5.74, 6) is 0.534. The number of hydrogen-bond acceptors (Lipinski definition) is 7. The van der Waals surface area contributed by atoms with Gasteiger partial charge in [-0.25, -0.2) is 14.4 Å². The fraction of sp³-hybridized carbons (Fsp3) is 0.217. The number of oxazole rings is 1. The molecule has 0 radical (unpaired) electrons. The van der Waals surface area contributed by atoms with E-state index in [-0.39, 0.29) is 12.4 Å². The Morgan fingerprint density at radius 3 is 2.75 bits per heavy atom. The second-order valence-corrected chi connectivity index (χ2v) is 7.22. The van der Waals surface area contributed by atoms with Crippen LogP contribution in [0, 0.1) is 5.82 Å². The Kier molecular flexibility index (Phi) is 5.02. The van der Waals surface area contributed by atoms with Crippen LogP contribution in [0.25, 0.3) is 44.5 Å². The number of ether oxygens (including phenoxy) is 2. The van der Waals surface area contributed by atoms with Crippen LogP contribution in [0.4, 0.5) is 4.39 Å². The van der Waals surface area contributed by atoms with Gasteiger partial charge in [-0.15, -0.1) is 5.10 Å². The minimum absolute atomic E-state index is 0.242. The van der Waals surface area contributed by atoms with Gasteiger partial charge in [0.1, 0.15) is 29.2 Å². The van der Waals surface area contributed by atoms with E-state index in [0.717, 1.165) is 17.7 Å². The van der Waals surface area contributed by atoms with Gasteiger partial charge in [-0.05, 0) is 30.7 Å². The second-order valence-electron chi connectivity index (χ2n) is 7.22. The lowest BCUT2D eigenvalue weighted by atomic mass is 9.98. The van der Waals surface area contributed by atoms with Crippen LogP contribution in [0.5, 0.6) is 5.75 Å². The van der Waals surface area contributed by atoms with Crippen molar-refractivity contribution in [2.24, 2.45) is 0 Å². The summed E-state index contributed by atoms with van der Waals surface area (Å²) in [6, 6.07) is 8.35. The number of fused-ring (bicyclic) bond motifs is 2. The number of hydrogen-bond donors (Lipinski definition) is 0. The number of imidazole rings is 1. The number of methoxy groups -OCH3 is 2. The fourth-order valence-corrected chi connectivity index (χ4v) is 3.78. The lowest BCUT2D eigenvalue weighted by Gasteiger charge is -2.11. The van der Waals surface area contributed by atoms with Crippen LogP contribution in [0.1, 0.15) is 12.8 Å². The van der Waals surface area contributed by atoms with Gasteiger partial charge >= 0.3 is 0 Å². The van der Waals surface area contributed by atoms with E-state index < -0.39 is 0 Å². The van der Waals surface area contributed by atoms with Gasteiger partial charge in [0.05, 0.1) is 19.6 Å². The van der Waals surface area contributed by atoms with E-state index in [2.05, 4.69) is 20.2 Å². The Hall–Kier alpha value is -3.85. The van der Waals surface area contributed by atoms with E-state index >= 15 is 4.39 Å². The third-order valence-electron chi connectivity index (χ3n) is 5.33. The Labute approximate surface area is 182 Å². The Balaban J connectivity index is 1.68. The predicted octanol–water partition coefficient (Wildman–Crippen LogP) is 4.62. The van der Waals surface area contributed by atoms with Crippen LogP contribution in [0.2, 0.25) is 0 Å². The first-order valence-electron chi connectivity index (χ1n) is 10.1. The molecule has 0 unspecified atom stereocenters. The maximum Gasteiger partial charge on any atom is 0.221 e. The lowest BCUT2D eigenvalue weighted by molar-refractivity contribution is 0.161. The molecule has 0 fully saturated rings. The normalized spacial score (nSPS) is 11.5. The summed E-state index contributed by atoms with van der Waals surface area (Å²) in [6.07, 6.45) is 3.37. The van der Waals surface area contributed by atoms with Crippen molar-refractivity contribution < 1.29 is 18.3 Å². The van der Waals surface area contributed by atoms with Crippen molar-refractivity contribution in [1.82, 2.24) is 24.7 Å². The standard InChI is InChI=1S/C23H20FN5O3/c1-4-29-12-25-22-16(10-26-28-23(22)29)13-5-6-17(24)14(7-13)15-8-20-18(9-19(15)31-3)27-21(32-20)11-30-2/h5-10,12H,4,11H2,1-3H3. The minimum Gasteiger partial charge on any atom is -0.496 e. The number of halogens is 1. The molecule has 0 saturated heterocycles. The average molecular weight is 433 g/mol. The highest BCUT2D eigenvalue weighted by atomic mass is 19.1. The number of benzene rings is 2. The summed E-state index contributed by atoms with van der Waals surface area (Å²) in [6.45, 7) is 2.98. The van der Waals surface area contributed by atoms with Gasteiger partial charge < -0.3 is 18.5 Å². The van der Waals surface area contributed by atoms with Crippen molar-refractivity contribution in [2.45, 2.75) is 20.1 Å². The van der Waals surface area contributed by atoms with Gasteiger partial charge in [-0.3, -0.25) is 0 Å². The average Bonchev–Trinajstić information content (AvgIpc) is 3.41. The molecule has 0 saturated carbocycles. The number of aryl methyl sites for hydroxylation is 1. The molecule has 8 nitrogen and oxygen atoms in total. The number of nitrogens with zero attached hydrogens (tertiary/aromatic N) is 5. The summed E-state index contributed by atoms with van der Waals surface area (Å²) in [7, 11) is 3.10. The van der Waals surface area contributed by atoms with E-state index in [4.69, 9.17) is 13.9 Å². The monoisotopic (exact) mass is 433 g/mol. The third kappa shape index (κ3) is 3.27. The Morgan fingerprint density at radius 2 is 1.97 bits per heavy atom. The zero-order valence-electron chi connectivity index (χ0n) is 17.8. The van der Waals surface area contributed by atoms with Crippen molar-refractivity contribution in [3.8, 4) is 28.0 Å². The number of aromatic nitrogens is 5. The van der Waals surface area contributed by atoms with Crippen LogP contribution in [0.15, 0.2) is 47.3 Å². The highest BCUT2D eigenvalue weighted by molar-refractivity contribution is 5.91. The first-order valence-corrected chi connectivity index (χ1v) is 10.1. The molecule has 2 aromatic carbocycles. The fourth-order valence-electron chi connectivity index (χ4n) is 3.78. The highest BCUT2D eigenvalue weighted by Crippen LogP contribution is 2.38. The van der Waals surface area contributed by atoms with Crippen molar-refractivity contribution in [2.75, 3.05) is 14.2 Å². The Morgan fingerprint density at radius 1 is 1.09 bits per heavy atom. The molecule has 0 spiro atoms. The van der Waals surface area contributed by atoms with Crippen LogP contribution < -0.4 is 4.74 Å². The molecule has 5 aromatic rings. The SMILES string of the molecule is CCn1cnc2c(-c3ccc(F)c(-c4cc5oc(COC)nc5cc4OC)c3)cnnc21. The topological polar surface area (TPSA) is 88.1 Å². The van der Waals surface area contributed by atoms with Crippen molar-refractivity contribution in [3.63, 3.8) is 0 Å². The van der Waals surface area contributed by atoms with Crippen molar-refractivity contribution >= 4 is 22.3 Å². The van der Waals surface area contributed by atoms with Crippen molar-refractivity contribution in [3.05, 3.63) is 54.6 Å². The molecule has 0 aliphatic rings. The van der Waals surface area contributed by atoms with E-state index in [1.54, 1.807) is 43.9 Å². The van der Waals surface area contributed by atoms with Gasteiger partial charge in [0, 0.05) is 36.4 Å². The van der Waals surface area contributed by atoms with Gasteiger partial charge in [-0.2, -0.15) is 5.10 Å². The quantitative estimate of drug-likeness (QED) is 0.386. The third-order valence-corrected chi connectivity index (χ3v) is 5.33. The van der Waals surface area contributed by atoms with Gasteiger partial charge in [0.2, 0.25) is 5.89 Å². The van der Waals surface area contributed by atoms with Crippen LogP contribution in [-0.4, -0.2) is 39.0 Å². The van der Waals surface area contributed by atoms with Gasteiger partial charge in [-0.1, -0.05) is 6.07 Å². The van der Waals surface area contributed by atoms with Crippen LogP contribution in [-0.2, 0) is 17.9 Å². The molecular weight excluding hydrogens is 413 g/mol. The molecule has 162 valence electrons. The van der Waals surface area contributed by atoms with Crippen LogP contribution in [0.3, 0.4) is 0 Å². The Bertz CT molecular complexity index is 1440. The maximum absolute atomic E-state index is 15.0. The maximum atomic E-state index is 15.0. The first kappa shape index (κ1) is 20.1. The minimum atomic E-state index is -0.389. The lowest BCUT2D eigenvalue weighted by Crippen LogP contribution is -1.96. The molecule has 9 heteroatoms. The first-order chi connectivity index (χ1) is 15.6. The summed E-state index contributed by atoms with van der Waals surface area (Å²) in [5.41, 5.74) is 4.98. The van der Waals surface area contributed by atoms with E-state index in [9.17, 15) is 0 Å². The predicted molar refractivity (Wildman–Crippen MR) is 117 cm³/mol. The highest BCUT2D eigenvalue weighted by Gasteiger charge is 2.18. The van der Waals surface area contributed by atoms with Crippen LogP contribution >= 0.6 is 0 Å². The molecule has 0 aliphatic heterocycles. The van der Waals surface area contributed by atoms with Gasteiger partial charge in [0.15, 0.2) is 11.2 Å². The summed E-state index contributed by atoms with van der Waals surface area (Å²) < 4.78 is 33.3. The molecule has 0 aliphatic carbocycles. The molecule has 32 heavy (non-hydrogen) atoms. The van der Waals surface area contributed by atoms with E-state index in [1.807, 2.05) is 11.5 Å². The molecule has 0 atom stereocenters. The summed E-state index contributed by atoms with van der Waals surface area (Å²) in [4.78, 5) is 8.88. The zero-order chi connectivity index (χ0) is 22.2. The molecule has 3 aromatic heterocycles. The van der Waals surface area contributed by atoms with E-state index in [0.29, 0.717) is 45.0 Å². The molecule has 5 rings (SSSR count). The van der Waals surface area contributed by atoms with E-state index in [1.165, 1.54) is 13.2 Å². The summed E-state index contributed by atoms with van der Waals surface area (Å²) in [5, 5.41) is 8.33. The summed E-state index contributed by atoms with van der Waals surface area (Å²) >= 11 is 0. The smallest absolute Gasteiger partial charge is 0.221 e. The molecular formula is C23H20FN5O3. The number of rotatable bonds is 6. The zero-order valence-corrected chi connectivity index (χ0v) is 17.8. The molecule has 0 amide bonds. The molecule has 0 bridgehead atoms. The van der Waals surface area contributed by atoms with Crippen molar-refractivity contribution in [1.29, 1.82) is 0 Å². The molecule has 0 N–H and O–H groups in total. The van der Waals surface area contributed by atoms with Gasteiger partial charge in [0.25, 0.3) is 0 Å². The molecule has 3 heterocycles. The second kappa shape index (κ2) is 8.01. The largest absolute Gasteiger partial charge is 0.496 e.